The van der Waals surface area contributed by atoms with Crippen LogP contribution in [0.5, 0.6) is 17.2 Å². The summed E-state index contributed by atoms with van der Waals surface area (Å²) in [6, 6.07) is 9.89. The number of anilines is 1. The lowest BCUT2D eigenvalue weighted by Gasteiger charge is -2.14. The summed E-state index contributed by atoms with van der Waals surface area (Å²) in [5, 5.41) is 16.8. The normalized spacial score (nSPS) is 11.9. The van der Waals surface area contributed by atoms with E-state index in [1.807, 2.05) is 31.2 Å². The van der Waals surface area contributed by atoms with Crippen LogP contribution in [0.2, 0.25) is 5.02 Å². The molecule has 2 aromatic rings. The number of hydrogen-bond donors (Lipinski definition) is 3. The molecular weight excluding hydrogens is 370 g/mol. The Morgan fingerprint density at radius 2 is 2.04 bits per heavy atom. The number of ether oxygens (including phenoxy) is 2. The molecule has 0 aliphatic rings. The van der Waals surface area contributed by atoms with Crippen LogP contribution in [0, 0.1) is 0 Å². The number of hydrazone groups is 1. The van der Waals surface area contributed by atoms with Crippen molar-refractivity contribution in [3.63, 3.8) is 0 Å². The molecule has 0 heterocycles. The fourth-order valence-corrected chi connectivity index (χ4v) is 2.44. The second-order valence-corrected chi connectivity index (χ2v) is 6.02. The van der Waals surface area contributed by atoms with Crippen LogP contribution < -0.4 is 20.2 Å². The highest BCUT2D eigenvalue weighted by molar-refractivity contribution is 6.32. The Hall–Kier alpha value is -2.93. The van der Waals surface area contributed by atoms with Crippen molar-refractivity contribution in [1.29, 1.82) is 0 Å². The van der Waals surface area contributed by atoms with Crippen LogP contribution in [0.1, 0.15) is 19.4 Å². The molecule has 3 N–H and O–H groups in total. The maximum Gasteiger partial charge on any atom is 0.262 e. The molecule has 2 aromatic carbocycles. The number of aromatic hydroxyl groups is 1. The van der Waals surface area contributed by atoms with E-state index in [1.165, 1.54) is 19.4 Å². The Morgan fingerprint density at radius 1 is 1.33 bits per heavy atom. The predicted molar refractivity (Wildman–Crippen MR) is 106 cm³/mol. The van der Waals surface area contributed by atoms with Gasteiger partial charge < -0.3 is 19.9 Å². The van der Waals surface area contributed by atoms with Gasteiger partial charge in [0, 0.05) is 5.69 Å². The number of amides is 1. The summed E-state index contributed by atoms with van der Waals surface area (Å²) in [5.74, 6) is 0.541. The maximum atomic E-state index is 12.1. The van der Waals surface area contributed by atoms with Crippen molar-refractivity contribution in [1.82, 2.24) is 5.43 Å². The molecule has 0 unspecified atom stereocenters. The van der Waals surface area contributed by atoms with Gasteiger partial charge in [-0.05, 0) is 55.8 Å². The zero-order valence-corrected chi connectivity index (χ0v) is 16.1. The molecule has 1 amide bonds. The molecule has 2 rings (SSSR count). The second-order valence-electron chi connectivity index (χ2n) is 5.61. The zero-order valence-electron chi connectivity index (χ0n) is 15.3. The van der Waals surface area contributed by atoms with Gasteiger partial charge in [0.25, 0.3) is 5.91 Å². The quantitative estimate of drug-likeness (QED) is 0.473. The lowest BCUT2D eigenvalue weighted by atomic mass is 10.2. The first-order valence-electron chi connectivity index (χ1n) is 8.33. The summed E-state index contributed by atoms with van der Waals surface area (Å²) in [4.78, 5) is 12.1. The molecule has 8 heteroatoms. The molecule has 0 aliphatic heterocycles. The van der Waals surface area contributed by atoms with Gasteiger partial charge >= 0.3 is 0 Å². The van der Waals surface area contributed by atoms with E-state index in [1.54, 1.807) is 13.0 Å². The van der Waals surface area contributed by atoms with Crippen LogP contribution in [0.25, 0.3) is 0 Å². The summed E-state index contributed by atoms with van der Waals surface area (Å²) >= 11 is 5.91. The first-order valence-corrected chi connectivity index (χ1v) is 8.71. The Morgan fingerprint density at radius 3 is 2.67 bits per heavy atom. The van der Waals surface area contributed by atoms with E-state index < -0.39 is 6.04 Å². The van der Waals surface area contributed by atoms with Gasteiger partial charge in [-0.25, -0.2) is 5.43 Å². The number of hydrogen-bond acceptors (Lipinski definition) is 6. The van der Waals surface area contributed by atoms with Crippen molar-refractivity contribution in [3.8, 4) is 17.2 Å². The van der Waals surface area contributed by atoms with E-state index in [4.69, 9.17) is 21.1 Å². The van der Waals surface area contributed by atoms with Crippen LogP contribution >= 0.6 is 11.6 Å². The highest BCUT2D eigenvalue weighted by Gasteiger charge is 2.12. The van der Waals surface area contributed by atoms with Crippen LogP contribution in [-0.4, -0.2) is 37.0 Å². The minimum absolute atomic E-state index is 0.132. The number of phenolic OH excluding ortho intramolecular Hbond substituents is 1. The van der Waals surface area contributed by atoms with E-state index in [-0.39, 0.29) is 22.4 Å². The average molecular weight is 392 g/mol. The smallest absolute Gasteiger partial charge is 0.262 e. The third-order valence-corrected chi connectivity index (χ3v) is 3.89. The summed E-state index contributed by atoms with van der Waals surface area (Å²) < 4.78 is 10.4. The fourth-order valence-electron chi connectivity index (χ4n) is 2.22. The standard InChI is InChI=1S/C19H22ClN3O4/c1-4-27-15-7-5-14(6-8-15)22-12(2)19(25)23-21-11-13-9-16(20)18(24)17(10-13)26-3/h5-12,22,24H,4H2,1-3H3,(H,23,25)/b21-11-/t12-/m1/s1. The van der Waals surface area contributed by atoms with Gasteiger partial charge in [0.15, 0.2) is 11.5 Å². The molecule has 0 saturated carbocycles. The molecule has 0 spiro atoms. The van der Waals surface area contributed by atoms with Gasteiger partial charge in [-0.3, -0.25) is 4.79 Å². The number of carbonyl (C=O) groups excluding carboxylic acids is 1. The van der Waals surface area contributed by atoms with E-state index in [9.17, 15) is 9.90 Å². The minimum Gasteiger partial charge on any atom is -0.503 e. The molecule has 0 radical (unpaired) electrons. The predicted octanol–water partition coefficient (Wildman–Crippen LogP) is 3.40. The Kier molecular flexibility index (Phi) is 7.31. The van der Waals surface area contributed by atoms with Crippen LogP contribution in [0.3, 0.4) is 0 Å². The molecule has 144 valence electrons. The number of phenols is 1. The number of nitrogens with one attached hydrogen (secondary N) is 2. The van der Waals surface area contributed by atoms with Gasteiger partial charge in [-0.2, -0.15) is 5.10 Å². The highest BCUT2D eigenvalue weighted by atomic mass is 35.5. The topological polar surface area (TPSA) is 92.2 Å². The van der Waals surface area contributed by atoms with Gasteiger partial charge in [0.1, 0.15) is 11.8 Å². The molecule has 27 heavy (non-hydrogen) atoms. The molecule has 1 atom stereocenters. The number of halogens is 1. The Bertz CT molecular complexity index is 809. The molecule has 0 aliphatic carbocycles. The minimum atomic E-state index is -0.502. The van der Waals surface area contributed by atoms with E-state index >= 15 is 0 Å². The fraction of sp³-hybridized carbons (Fsp3) is 0.263. The Labute approximate surface area is 162 Å². The van der Waals surface area contributed by atoms with Gasteiger partial charge in [0.2, 0.25) is 0 Å². The molecule has 7 nitrogen and oxygen atoms in total. The van der Waals surface area contributed by atoms with Crippen molar-refractivity contribution in [2.75, 3.05) is 19.0 Å². The average Bonchev–Trinajstić information content (AvgIpc) is 2.66. The number of carbonyl (C=O) groups is 1. The summed E-state index contributed by atoms with van der Waals surface area (Å²) in [5.41, 5.74) is 3.81. The van der Waals surface area contributed by atoms with Gasteiger partial charge in [-0.1, -0.05) is 11.6 Å². The molecule has 0 saturated heterocycles. The lowest BCUT2D eigenvalue weighted by Crippen LogP contribution is -2.34. The summed E-state index contributed by atoms with van der Waals surface area (Å²) in [6.07, 6.45) is 1.41. The SMILES string of the molecule is CCOc1ccc(N[C@H](C)C(=O)N/N=C\c2cc(Cl)c(O)c(OC)c2)cc1. The maximum absolute atomic E-state index is 12.1. The van der Waals surface area contributed by atoms with Crippen molar-refractivity contribution in [2.24, 2.45) is 5.10 Å². The zero-order chi connectivity index (χ0) is 19.8. The van der Waals surface area contributed by atoms with E-state index in [0.29, 0.717) is 12.2 Å². The van der Waals surface area contributed by atoms with Crippen molar-refractivity contribution in [2.45, 2.75) is 19.9 Å². The summed E-state index contributed by atoms with van der Waals surface area (Å²) in [7, 11) is 1.42. The van der Waals surface area contributed by atoms with Crippen molar-refractivity contribution in [3.05, 3.63) is 47.0 Å². The first-order chi connectivity index (χ1) is 12.9. The second kappa shape index (κ2) is 9.68. The number of benzene rings is 2. The third-order valence-electron chi connectivity index (χ3n) is 3.60. The van der Waals surface area contributed by atoms with E-state index in [0.717, 1.165) is 11.4 Å². The first kappa shape index (κ1) is 20.4. The third kappa shape index (κ3) is 5.79. The largest absolute Gasteiger partial charge is 0.503 e. The van der Waals surface area contributed by atoms with Crippen molar-refractivity contribution >= 4 is 29.4 Å². The van der Waals surface area contributed by atoms with Crippen molar-refractivity contribution < 1.29 is 19.4 Å². The monoisotopic (exact) mass is 391 g/mol. The van der Waals surface area contributed by atoms with Crippen LogP contribution in [0.4, 0.5) is 5.69 Å². The lowest BCUT2D eigenvalue weighted by molar-refractivity contribution is -0.121. The number of methoxy groups -OCH3 is 1. The Balaban J connectivity index is 1.92. The molecule has 0 aromatic heterocycles. The number of rotatable bonds is 8. The molecule has 0 fully saturated rings. The number of nitrogens with zero attached hydrogens (tertiary/aromatic N) is 1. The summed E-state index contributed by atoms with van der Waals surface area (Å²) in [6.45, 7) is 4.24. The molecular formula is C19H22ClN3O4. The van der Waals surface area contributed by atoms with Crippen LogP contribution in [-0.2, 0) is 4.79 Å². The molecule has 0 bridgehead atoms. The van der Waals surface area contributed by atoms with Gasteiger partial charge in [0.05, 0.1) is 25.0 Å². The van der Waals surface area contributed by atoms with E-state index in [2.05, 4.69) is 15.8 Å². The highest BCUT2D eigenvalue weighted by Crippen LogP contribution is 2.34. The van der Waals surface area contributed by atoms with Crippen LogP contribution in [0.15, 0.2) is 41.5 Å². The van der Waals surface area contributed by atoms with Gasteiger partial charge in [-0.15, -0.1) is 0 Å².